The fraction of sp³-hybridized carbons (Fsp3) is 0.522. The van der Waals surface area contributed by atoms with Crippen molar-refractivity contribution in [1.29, 1.82) is 0 Å². The van der Waals surface area contributed by atoms with Crippen molar-refractivity contribution >= 4 is 0 Å². The van der Waals surface area contributed by atoms with Crippen LogP contribution in [0.4, 0.5) is 0 Å². The van der Waals surface area contributed by atoms with Crippen LogP contribution in [0.5, 0.6) is 5.75 Å². The summed E-state index contributed by atoms with van der Waals surface area (Å²) in [5.74, 6) is 3.84. The van der Waals surface area contributed by atoms with Crippen LogP contribution in [0.1, 0.15) is 44.2 Å². The van der Waals surface area contributed by atoms with Crippen LogP contribution in [0.3, 0.4) is 0 Å². The Morgan fingerprint density at radius 3 is 2.31 bits per heavy atom. The molecule has 4 fully saturated rings. The first-order chi connectivity index (χ1) is 12.7. The van der Waals surface area contributed by atoms with Crippen LogP contribution >= 0.6 is 0 Å². The molecule has 3 nitrogen and oxygen atoms in total. The number of aromatic nitrogens is 1. The van der Waals surface area contributed by atoms with Gasteiger partial charge in [-0.2, -0.15) is 0 Å². The number of rotatable bonds is 5. The Hall–Kier alpha value is -1.87. The summed E-state index contributed by atoms with van der Waals surface area (Å²) in [7, 11) is 1.72. The van der Waals surface area contributed by atoms with E-state index in [4.69, 9.17) is 9.72 Å². The number of methoxy groups -OCH3 is 1. The van der Waals surface area contributed by atoms with Crippen molar-refractivity contribution in [2.75, 3.05) is 7.11 Å². The molecule has 0 spiro atoms. The summed E-state index contributed by atoms with van der Waals surface area (Å²) in [4.78, 5) is 4.73. The third-order valence-electron chi connectivity index (χ3n) is 6.93. The molecule has 0 amide bonds. The molecule has 136 valence electrons. The average Bonchev–Trinajstić information content (AvgIpc) is 2.66. The van der Waals surface area contributed by atoms with Crippen molar-refractivity contribution in [3.63, 3.8) is 0 Å². The number of pyridine rings is 1. The summed E-state index contributed by atoms with van der Waals surface area (Å²) < 4.78 is 5.48. The Morgan fingerprint density at radius 2 is 1.69 bits per heavy atom. The molecule has 4 saturated carbocycles. The van der Waals surface area contributed by atoms with Crippen molar-refractivity contribution in [3.8, 4) is 16.9 Å². The molecule has 3 heteroatoms. The SMILES string of the molecule is COc1ccccc1-c1ccc(CNC23CC4CC(CC(C4)C2)C3)nc1. The largest absolute Gasteiger partial charge is 0.496 e. The van der Waals surface area contributed by atoms with E-state index in [2.05, 4.69) is 23.5 Å². The van der Waals surface area contributed by atoms with Crippen molar-refractivity contribution in [2.45, 2.75) is 50.6 Å². The summed E-state index contributed by atoms with van der Waals surface area (Å²) in [5.41, 5.74) is 3.75. The van der Waals surface area contributed by atoms with Crippen LogP contribution < -0.4 is 10.1 Å². The number of hydrogen-bond donors (Lipinski definition) is 1. The quantitative estimate of drug-likeness (QED) is 0.841. The highest BCUT2D eigenvalue weighted by molar-refractivity contribution is 5.69. The lowest BCUT2D eigenvalue weighted by Crippen LogP contribution is -2.58. The van der Waals surface area contributed by atoms with Gasteiger partial charge in [0.2, 0.25) is 0 Å². The number of para-hydroxylation sites is 1. The normalized spacial score (nSPS) is 32.0. The second kappa shape index (κ2) is 6.38. The van der Waals surface area contributed by atoms with Gasteiger partial charge in [0.05, 0.1) is 12.8 Å². The van der Waals surface area contributed by atoms with Gasteiger partial charge < -0.3 is 10.1 Å². The van der Waals surface area contributed by atoms with Crippen LogP contribution in [0.25, 0.3) is 11.1 Å². The van der Waals surface area contributed by atoms with Gasteiger partial charge in [-0.1, -0.05) is 24.3 Å². The van der Waals surface area contributed by atoms with E-state index in [1.807, 2.05) is 24.4 Å². The lowest BCUT2D eigenvalue weighted by molar-refractivity contribution is -0.0207. The first-order valence-electron chi connectivity index (χ1n) is 10.1. The van der Waals surface area contributed by atoms with Gasteiger partial charge in [0, 0.05) is 29.4 Å². The van der Waals surface area contributed by atoms with E-state index in [0.29, 0.717) is 5.54 Å². The Bertz CT molecular complexity index is 748. The van der Waals surface area contributed by atoms with Gasteiger partial charge in [0.25, 0.3) is 0 Å². The number of ether oxygens (including phenoxy) is 1. The molecule has 0 unspecified atom stereocenters. The molecule has 2 aromatic rings. The minimum atomic E-state index is 0.401. The topological polar surface area (TPSA) is 34.1 Å². The monoisotopic (exact) mass is 348 g/mol. The second-order valence-electron chi connectivity index (χ2n) is 8.79. The van der Waals surface area contributed by atoms with Crippen molar-refractivity contribution in [2.24, 2.45) is 17.8 Å². The van der Waals surface area contributed by atoms with Crippen LogP contribution in [0.15, 0.2) is 42.6 Å². The third-order valence-corrected chi connectivity index (χ3v) is 6.93. The maximum Gasteiger partial charge on any atom is 0.126 e. The van der Waals surface area contributed by atoms with Gasteiger partial charge in [-0.15, -0.1) is 0 Å². The van der Waals surface area contributed by atoms with Crippen LogP contribution in [0, 0.1) is 17.8 Å². The molecule has 1 heterocycles. The Labute approximate surface area is 156 Å². The Morgan fingerprint density at radius 1 is 1.00 bits per heavy atom. The smallest absolute Gasteiger partial charge is 0.126 e. The fourth-order valence-electron chi connectivity index (χ4n) is 6.18. The molecule has 4 bridgehead atoms. The molecular weight excluding hydrogens is 320 g/mol. The summed E-state index contributed by atoms with van der Waals surface area (Å²) in [6, 6.07) is 12.5. The van der Waals surface area contributed by atoms with Crippen molar-refractivity contribution in [1.82, 2.24) is 10.3 Å². The summed E-state index contributed by atoms with van der Waals surface area (Å²) in [5, 5.41) is 3.94. The zero-order valence-electron chi connectivity index (χ0n) is 15.6. The molecule has 1 N–H and O–H groups in total. The summed E-state index contributed by atoms with van der Waals surface area (Å²) in [6.45, 7) is 0.887. The molecule has 0 aliphatic heterocycles. The summed E-state index contributed by atoms with van der Waals surface area (Å²) in [6.07, 6.45) is 10.6. The van der Waals surface area contributed by atoms with E-state index >= 15 is 0 Å². The zero-order valence-corrected chi connectivity index (χ0v) is 15.6. The molecule has 6 rings (SSSR count). The standard InChI is InChI=1S/C23H28N2O/c1-26-22-5-3-2-4-21(22)19-6-7-20(24-14-19)15-25-23-11-16-8-17(12-23)10-18(9-16)13-23/h2-7,14,16-18,25H,8-13,15H2,1H3. The molecule has 1 aromatic carbocycles. The van der Waals surface area contributed by atoms with Crippen LogP contribution in [0.2, 0.25) is 0 Å². The molecule has 4 aliphatic rings. The predicted octanol–water partition coefficient (Wildman–Crippen LogP) is 4.82. The molecule has 0 saturated heterocycles. The van der Waals surface area contributed by atoms with E-state index in [1.54, 1.807) is 7.11 Å². The highest BCUT2D eigenvalue weighted by atomic mass is 16.5. The first-order valence-corrected chi connectivity index (χ1v) is 10.1. The van der Waals surface area contributed by atoms with E-state index in [0.717, 1.165) is 46.9 Å². The van der Waals surface area contributed by atoms with Crippen molar-refractivity contribution < 1.29 is 4.74 Å². The number of hydrogen-bond acceptors (Lipinski definition) is 3. The Balaban J connectivity index is 1.29. The van der Waals surface area contributed by atoms with Crippen molar-refractivity contribution in [3.05, 3.63) is 48.3 Å². The van der Waals surface area contributed by atoms with E-state index in [-0.39, 0.29) is 0 Å². The minimum Gasteiger partial charge on any atom is -0.496 e. The zero-order chi connectivity index (χ0) is 17.6. The fourth-order valence-corrected chi connectivity index (χ4v) is 6.18. The predicted molar refractivity (Wildman–Crippen MR) is 104 cm³/mol. The second-order valence-corrected chi connectivity index (χ2v) is 8.79. The number of benzene rings is 1. The van der Waals surface area contributed by atoms with Gasteiger partial charge in [-0.3, -0.25) is 4.98 Å². The van der Waals surface area contributed by atoms with Crippen LogP contribution in [-0.2, 0) is 6.54 Å². The maximum absolute atomic E-state index is 5.48. The molecule has 0 atom stereocenters. The maximum atomic E-state index is 5.48. The number of nitrogens with zero attached hydrogens (tertiary/aromatic N) is 1. The highest BCUT2D eigenvalue weighted by Gasteiger charge is 2.50. The lowest BCUT2D eigenvalue weighted by Gasteiger charge is -2.57. The summed E-state index contributed by atoms with van der Waals surface area (Å²) >= 11 is 0. The van der Waals surface area contributed by atoms with Gasteiger partial charge >= 0.3 is 0 Å². The third kappa shape index (κ3) is 2.92. The molecule has 4 aliphatic carbocycles. The Kier molecular flexibility index (Phi) is 4.00. The minimum absolute atomic E-state index is 0.401. The van der Waals surface area contributed by atoms with Gasteiger partial charge in [0.1, 0.15) is 5.75 Å². The van der Waals surface area contributed by atoms with E-state index in [9.17, 15) is 0 Å². The first kappa shape index (κ1) is 16.3. The molecule has 1 aromatic heterocycles. The molecular formula is C23H28N2O. The number of nitrogens with one attached hydrogen (secondary N) is 1. The lowest BCUT2D eigenvalue weighted by atomic mass is 9.53. The van der Waals surface area contributed by atoms with E-state index in [1.165, 1.54) is 38.5 Å². The van der Waals surface area contributed by atoms with Gasteiger partial charge in [-0.05, 0) is 68.4 Å². The van der Waals surface area contributed by atoms with E-state index < -0.39 is 0 Å². The highest BCUT2D eigenvalue weighted by Crippen LogP contribution is 2.55. The van der Waals surface area contributed by atoms with Crippen LogP contribution in [-0.4, -0.2) is 17.6 Å². The molecule has 26 heavy (non-hydrogen) atoms. The van der Waals surface area contributed by atoms with Gasteiger partial charge in [0.15, 0.2) is 0 Å². The average molecular weight is 348 g/mol. The van der Waals surface area contributed by atoms with Gasteiger partial charge in [-0.25, -0.2) is 0 Å². The molecule has 0 radical (unpaired) electrons.